The number of pyridine rings is 1. The number of benzene rings is 1. The maximum atomic E-state index is 11.7. The first kappa shape index (κ1) is 12.4. The van der Waals surface area contributed by atoms with Gasteiger partial charge in [0.15, 0.2) is 0 Å². The third-order valence-corrected chi connectivity index (χ3v) is 3.73. The molecule has 1 N–H and O–H groups in total. The first-order chi connectivity index (χ1) is 9.11. The zero-order chi connectivity index (χ0) is 13.6. The summed E-state index contributed by atoms with van der Waals surface area (Å²) in [6.07, 6.45) is 1.42. The molecule has 4 nitrogen and oxygen atoms in total. The number of hydrogen-bond donors (Lipinski definition) is 1. The maximum absolute atomic E-state index is 11.7. The molecule has 0 fully saturated rings. The van der Waals surface area contributed by atoms with E-state index >= 15 is 0 Å². The van der Waals surface area contributed by atoms with E-state index in [1.54, 1.807) is 0 Å². The van der Waals surface area contributed by atoms with Crippen LogP contribution in [0.4, 0.5) is 0 Å². The van der Waals surface area contributed by atoms with Gasteiger partial charge in [0.2, 0.25) is 0 Å². The third-order valence-electron chi connectivity index (χ3n) is 2.95. The van der Waals surface area contributed by atoms with E-state index in [9.17, 15) is 4.79 Å². The lowest BCUT2D eigenvalue weighted by atomic mass is 10.1. The highest BCUT2D eigenvalue weighted by atomic mass is 79.9. The minimum atomic E-state index is -0.445. The van der Waals surface area contributed by atoms with Crippen molar-refractivity contribution < 1.29 is 9.53 Å². The van der Waals surface area contributed by atoms with Gasteiger partial charge in [0, 0.05) is 27.0 Å². The predicted octanol–water partition coefficient (Wildman–Crippen LogP) is 3.92. The van der Waals surface area contributed by atoms with E-state index in [0.717, 1.165) is 20.8 Å². The lowest BCUT2D eigenvalue weighted by molar-refractivity contribution is 0.0602. The van der Waals surface area contributed by atoms with Crippen LogP contribution < -0.4 is 0 Å². The minimum absolute atomic E-state index is 0.358. The first-order valence-electron chi connectivity index (χ1n) is 5.45. The molecule has 0 saturated heterocycles. The number of H-pyrrole nitrogens is 1. The SMILES string of the molecule is COC(=O)c1cnc(Cl)c2c1[nH]c1cc(Br)ccc12. The summed E-state index contributed by atoms with van der Waals surface area (Å²) in [4.78, 5) is 19.0. The second kappa shape index (κ2) is 4.51. The number of ether oxygens (including phenoxy) is 1. The first-order valence-corrected chi connectivity index (χ1v) is 6.62. The molecule has 0 atom stereocenters. The van der Waals surface area contributed by atoms with Crippen molar-refractivity contribution in [2.75, 3.05) is 7.11 Å². The van der Waals surface area contributed by atoms with Gasteiger partial charge in [-0.3, -0.25) is 0 Å². The van der Waals surface area contributed by atoms with Gasteiger partial charge in [0.1, 0.15) is 10.7 Å². The number of aromatic nitrogens is 2. The number of hydrogen-bond acceptors (Lipinski definition) is 3. The molecule has 0 bridgehead atoms. The van der Waals surface area contributed by atoms with Crippen LogP contribution in [0.1, 0.15) is 10.4 Å². The van der Waals surface area contributed by atoms with Gasteiger partial charge in [0.05, 0.1) is 12.6 Å². The summed E-state index contributed by atoms with van der Waals surface area (Å²) >= 11 is 9.55. The van der Waals surface area contributed by atoms with Gasteiger partial charge < -0.3 is 9.72 Å². The van der Waals surface area contributed by atoms with E-state index in [4.69, 9.17) is 16.3 Å². The molecule has 0 saturated carbocycles. The van der Waals surface area contributed by atoms with Gasteiger partial charge in [-0.1, -0.05) is 33.6 Å². The van der Waals surface area contributed by atoms with E-state index in [1.165, 1.54) is 13.3 Å². The van der Waals surface area contributed by atoms with Gasteiger partial charge in [-0.25, -0.2) is 9.78 Å². The number of fused-ring (bicyclic) bond motifs is 3. The summed E-state index contributed by atoms with van der Waals surface area (Å²) in [5.74, 6) is -0.445. The van der Waals surface area contributed by atoms with Crippen molar-refractivity contribution in [3.8, 4) is 0 Å². The zero-order valence-electron chi connectivity index (χ0n) is 9.83. The van der Waals surface area contributed by atoms with Crippen molar-refractivity contribution in [2.45, 2.75) is 0 Å². The van der Waals surface area contributed by atoms with Gasteiger partial charge in [-0.2, -0.15) is 0 Å². The molecular weight excluding hydrogens is 332 g/mol. The van der Waals surface area contributed by atoms with Crippen LogP contribution >= 0.6 is 27.5 Å². The van der Waals surface area contributed by atoms with Gasteiger partial charge >= 0.3 is 5.97 Å². The Morgan fingerprint density at radius 1 is 1.47 bits per heavy atom. The minimum Gasteiger partial charge on any atom is -0.465 e. The molecule has 0 aliphatic rings. The molecule has 6 heteroatoms. The Bertz CT molecular complexity index is 813. The Morgan fingerprint density at radius 2 is 2.26 bits per heavy atom. The standard InChI is InChI=1S/C13H8BrClN2O2/c1-19-13(18)8-5-16-12(15)10-7-3-2-6(14)4-9(7)17-11(8)10/h2-5,17H,1H3. The second-order valence-corrected chi connectivity index (χ2v) is 5.29. The van der Waals surface area contributed by atoms with Crippen molar-refractivity contribution in [2.24, 2.45) is 0 Å². The lowest BCUT2D eigenvalue weighted by Crippen LogP contribution is -2.03. The molecular formula is C13H8BrClN2O2. The van der Waals surface area contributed by atoms with E-state index in [2.05, 4.69) is 25.9 Å². The largest absolute Gasteiger partial charge is 0.465 e. The number of esters is 1. The van der Waals surface area contributed by atoms with Crippen molar-refractivity contribution >= 4 is 55.3 Å². The molecule has 0 spiro atoms. The quantitative estimate of drug-likeness (QED) is 0.540. The van der Waals surface area contributed by atoms with E-state index in [-0.39, 0.29) is 0 Å². The maximum Gasteiger partial charge on any atom is 0.341 e. The molecule has 0 unspecified atom stereocenters. The number of nitrogens with zero attached hydrogens (tertiary/aromatic N) is 1. The van der Waals surface area contributed by atoms with E-state index in [1.807, 2.05) is 18.2 Å². The summed E-state index contributed by atoms with van der Waals surface area (Å²) in [6, 6.07) is 5.76. The van der Waals surface area contributed by atoms with Crippen molar-refractivity contribution in [1.29, 1.82) is 0 Å². The number of methoxy groups -OCH3 is 1. The summed E-state index contributed by atoms with van der Waals surface area (Å²) < 4.78 is 5.69. The molecule has 0 radical (unpaired) electrons. The Kier molecular flexibility index (Phi) is 2.95. The monoisotopic (exact) mass is 338 g/mol. The number of nitrogens with one attached hydrogen (secondary N) is 1. The van der Waals surface area contributed by atoms with Gasteiger partial charge in [-0.05, 0) is 12.1 Å². The third kappa shape index (κ3) is 1.89. The lowest BCUT2D eigenvalue weighted by Gasteiger charge is -2.01. The van der Waals surface area contributed by atoms with Gasteiger partial charge in [-0.15, -0.1) is 0 Å². The van der Waals surface area contributed by atoms with E-state index < -0.39 is 5.97 Å². The van der Waals surface area contributed by atoms with Crippen LogP contribution in [0.25, 0.3) is 21.8 Å². The van der Waals surface area contributed by atoms with Crippen LogP contribution in [0.15, 0.2) is 28.9 Å². The summed E-state index contributed by atoms with van der Waals surface area (Å²) in [7, 11) is 1.34. The highest BCUT2D eigenvalue weighted by Gasteiger charge is 2.17. The summed E-state index contributed by atoms with van der Waals surface area (Å²) in [5, 5.41) is 2.00. The highest BCUT2D eigenvalue weighted by molar-refractivity contribution is 9.10. The molecule has 0 amide bonds. The number of aromatic amines is 1. The summed E-state index contributed by atoms with van der Waals surface area (Å²) in [6.45, 7) is 0. The number of carbonyl (C=O) groups is 1. The fourth-order valence-electron chi connectivity index (χ4n) is 2.10. The molecule has 0 aliphatic heterocycles. The smallest absolute Gasteiger partial charge is 0.341 e. The Balaban J connectivity index is 2.47. The van der Waals surface area contributed by atoms with Gasteiger partial charge in [0.25, 0.3) is 0 Å². The van der Waals surface area contributed by atoms with Crippen LogP contribution in [-0.2, 0) is 4.74 Å². The van der Waals surface area contributed by atoms with Crippen LogP contribution in [0.2, 0.25) is 5.15 Å². The van der Waals surface area contributed by atoms with Crippen molar-refractivity contribution in [3.63, 3.8) is 0 Å². The van der Waals surface area contributed by atoms with Crippen molar-refractivity contribution in [1.82, 2.24) is 9.97 Å². The van der Waals surface area contributed by atoms with Crippen LogP contribution in [-0.4, -0.2) is 23.0 Å². The molecule has 1 aromatic carbocycles. The normalized spacial score (nSPS) is 11.1. The van der Waals surface area contributed by atoms with Crippen LogP contribution in [0.5, 0.6) is 0 Å². The molecule has 19 heavy (non-hydrogen) atoms. The second-order valence-electron chi connectivity index (χ2n) is 4.02. The average Bonchev–Trinajstić information content (AvgIpc) is 2.77. The molecule has 0 aliphatic carbocycles. The fraction of sp³-hybridized carbons (Fsp3) is 0.0769. The average molecular weight is 340 g/mol. The molecule has 2 heterocycles. The highest BCUT2D eigenvalue weighted by Crippen LogP contribution is 2.33. The molecule has 3 aromatic rings. The van der Waals surface area contributed by atoms with Crippen molar-refractivity contribution in [3.05, 3.63) is 39.6 Å². The number of rotatable bonds is 1. The Morgan fingerprint density at radius 3 is 3.00 bits per heavy atom. The summed E-state index contributed by atoms with van der Waals surface area (Å²) in [5.41, 5.74) is 1.89. The van der Waals surface area contributed by atoms with E-state index in [0.29, 0.717) is 16.2 Å². The van der Waals surface area contributed by atoms with Crippen LogP contribution in [0, 0.1) is 0 Å². The predicted molar refractivity (Wildman–Crippen MR) is 77.6 cm³/mol. The molecule has 96 valence electrons. The molecule has 2 aromatic heterocycles. The molecule has 3 rings (SSSR count). The number of carbonyl (C=O) groups excluding carboxylic acids is 1. The van der Waals surface area contributed by atoms with Crippen LogP contribution in [0.3, 0.4) is 0 Å². The fourth-order valence-corrected chi connectivity index (χ4v) is 2.71. The number of halogens is 2. The Hall–Kier alpha value is -1.59. The Labute approximate surface area is 121 Å². The zero-order valence-corrected chi connectivity index (χ0v) is 12.2. The topological polar surface area (TPSA) is 55.0 Å².